The lowest BCUT2D eigenvalue weighted by atomic mass is 10.1. The molecule has 0 fully saturated rings. The number of benzene rings is 2. The Hall–Kier alpha value is -2.40. The minimum Gasteiger partial charge on any atom is -0.388 e. The van der Waals surface area contributed by atoms with Crippen LogP contribution in [0, 0.1) is 12.7 Å². The molecule has 0 aliphatic carbocycles. The Bertz CT molecular complexity index is 632. The summed E-state index contributed by atoms with van der Waals surface area (Å²) in [6, 6.07) is 13.3. The van der Waals surface area contributed by atoms with Crippen molar-refractivity contribution in [3.8, 4) is 0 Å². The number of carbonyl (C=O) groups excluding carboxylic acids is 1. The third-order valence-electron chi connectivity index (χ3n) is 3.32. The summed E-state index contributed by atoms with van der Waals surface area (Å²) in [6.07, 6.45) is -0.224. The molecule has 22 heavy (non-hydrogen) atoms. The number of carbonyl (C=O) groups is 1. The maximum absolute atomic E-state index is 13.4. The van der Waals surface area contributed by atoms with Crippen molar-refractivity contribution in [1.82, 2.24) is 5.32 Å². The molecule has 0 spiro atoms. The smallest absolute Gasteiger partial charge is 0.319 e. The molecule has 0 radical (unpaired) electrons. The van der Waals surface area contributed by atoms with Gasteiger partial charge in [0.05, 0.1) is 6.10 Å². The number of anilines is 1. The lowest BCUT2D eigenvalue weighted by molar-refractivity contribution is 0.167. The van der Waals surface area contributed by atoms with Crippen LogP contribution in [-0.4, -0.2) is 17.7 Å². The number of hydrogen-bond acceptors (Lipinski definition) is 2. The van der Waals surface area contributed by atoms with Crippen molar-refractivity contribution in [3.63, 3.8) is 0 Å². The van der Waals surface area contributed by atoms with Crippen molar-refractivity contribution in [1.29, 1.82) is 0 Å². The van der Waals surface area contributed by atoms with Crippen LogP contribution in [0.3, 0.4) is 0 Å². The number of hydrogen-bond donors (Lipinski definition) is 3. The van der Waals surface area contributed by atoms with Gasteiger partial charge in [0.1, 0.15) is 5.82 Å². The lowest BCUT2D eigenvalue weighted by Gasteiger charge is -2.12. The number of nitrogens with one attached hydrogen (secondary N) is 2. The Morgan fingerprint density at radius 2 is 1.95 bits per heavy atom. The number of halogens is 1. The zero-order valence-electron chi connectivity index (χ0n) is 12.3. The van der Waals surface area contributed by atoms with Gasteiger partial charge in [-0.1, -0.05) is 36.4 Å². The molecule has 0 heterocycles. The molecule has 0 aromatic heterocycles. The van der Waals surface area contributed by atoms with Crippen molar-refractivity contribution in [2.24, 2.45) is 0 Å². The average Bonchev–Trinajstić information content (AvgIpc) is 2.51. The van der Waals surface area contributed by atoms with E-state index in [9.17, 15) is 14.3 Å². The molecule has 0 bridgehead atoms. The van der Waals surface area contributed by atoms with Gasteiger partial charge >= 0.3 is 6.03 Å². The van der Waals surface area contributed by atoms with Gasteiger partial charge in [-0.3, -0.25) is 0 Å². The van der Waals surface area contributed by atoms with E-state index in [0.29, 0.717) is 24.2 Å². The Morgan fingerprint density at radius 3 is 2.64 bits per heavy atom. The van der Waals surface area contributed by atoms with Crippen LogP contribution >= 0.6 is 0 Å². The zero-order valence-corrected chi connectivity index (χ0v) is 12.3. The SMILES string of the molecule is Cc1ccc(NC(=O)NCCC(O)c2ccccc2)cc1F. The molecule has 1 atom stereocenters. The first-order chi connectivity index (χ1) is 10.6. The van der Waals surface area contributed by atoms with Gasteiger partial charge in [-0.25, -0.2) is 9.18 Å². The van der Waals surface area contributed by atoms with Crippen LogP contribution in [0.5, 0.6) is 0 Å². The predicted octanol–water partition coefficient (Wildman–Crippen LogP) is 3.38. The fraction of sp³-hybridized carbons (Fsp3) is 0.235. The summed E-state index contributed by atoms with van der Waals surface area (Å²) in [6.45, 7) is 1.97. The second-order valence-corrected chi connectivity index (χ2v) is 5.06. The highest BCUT2D eigenvalue weighted by Crippen LogP contribution is 2.15. The summed E-state index contributed by atoms with van der Waals surface area (Å²) in [5.74, 6) is -0.364. The highest BCUT2D eigenvalue weighted by Gasteiger charge is 2.08. The molecule has 3 N–H and O–H groups in total. The first-order valence-electron chi connectivity index (χ1n) is 7.10. The summed E-state index contributed by atoms with van der Waals surface area (Å²) < 4.78 is 13.4. The summed E-state index contributed by atoms with van der Waals surface area (Å²) in [7, 11) is 0. The largest absolute Gasteiger partial charge is 0.388 e. The number of amides is 2. The predicted molar refractivity (Wildman–Crippen MR) is 84.2 cm³/mol. The molecule has 2 amide bonds. The summed E-state index contributed by atoms with van der Waals surface area (Å²) in [4.78, 5) is 11.7. The lowest BCUT2D eigenvalue weighted by Crippen LogP contribution is -2.30. The molecule has 4 nitrogen and oxygen atoms in total. The summed E-state index contributed by atoms with van der Waals surface area (Å²) in [5.41, 5.74) is 1.73. The third-order valence-corrected chi connectivity index (χ3v) is 3.32. The van der Waals surface area contributed by atoms with E-state index >= 15 is 0 Å². The fourth-order valence-corrected chi connectivity index (χ4v) is 2.01. The van der Waals surface area contributed by atoms with Crippen molar-refractivity contribution in [3.05, 3.63) is 65.5 Å². The van der Waals surface area contributed by atoms with Gasteiger partial charge in [-0.15, -0.1) is 0 Å². The number of aryl methyl sites for hydroxylation is 1. The molecular formula is C17H19FN2O2. The Kier molecular flexibility index (Phi) is 5.49. The van der Waals surface area contributed by atoms with E-state index < -0.39 is 12.1 Å². The van der Waals surface area contributed by atoms with Gasteiger partial charge < -0.3 is 15.7 Å². The van der Waals surface area contributed by atoms with Gasteiger partial charge in [-0.2, -0.15) is 0 Å². The monoisotopic (exact) mass is 302 g/mol. The molecule has 5 heteroatoms. The van der Waals surface area contributed by atoms with Crippen LogP contribution in [0.2, 0.25) is 0 Å². The maximum Gasteiger partial charge on any atom is 0.319 e. The van der Waals surface area contributed by atoms with Crippen LogP contribution in [0.4, 0.5) is 14.9 Å². The molecule has 2 rings (SSSR count). The molecule has 2 aromatic rings. The van der Waals surface area contributed by atoms with Gasteiger partial charge in [0.15, 0.2) is 0 Å². The second-order valence-electron chi connectivity index (χ2n) is 5.06. The Morgan fingerprint density at radius 1 is 1.23 bits per heavy atom. The van der Waals surface area contributed by atoms with Crippen LogP contribution in [0.25, 0.3) is 0 Å². The molecule has 2 aromatic carbocycles. The van der Waals surface area contributed by atoms with E-state index in [2.05, 4.69) is 10.6 Å². The topological polar surface area (TPSA) is 61.4 Å². The quantitative estimate of drug-likeness (QED) is 0.793. The first kappa shape index (κ1) is 16.0. The van der Waals surface area contributed by atoms with Crippen molar-refractivity contribution >= 4 is 11.7 Å². The number of rotatable bonds is 5. The van der Waals surface area contributed by atoms with E-state index in [1.165, 1.54) is 6.07 Å². The number of aliphatic hydroxyl groups is 1. The van der Waals surface area contributed by atoms with Crippen molar-refractivity contribution in [2.75, 3.05) is 11.9 Å². The molecule has 0 saturated heterocycles. The fourth-order valence-electron chi connectivity index (χ4n) is 2.01. The van der Waals surface area contributed by atoms with Crippen LogP contribution in [-0.2, 0) is 0 Å². The highest BCUT2D eigenvalue weighted by atomic mass is 19.1. The van der Waals surface area contributed by atoms with E-state index in [4.69, 9.17) is 0 Å². The molecular weight excluding hydrogens is 283 g/mol. The third kappa shape index (κ3) is 4.56. The van der Waals surface area contributed by atoms with Gasteiger partial charge in [0.2, 0.25) is 0 Å². The number of aliphatic hydroxyl groups excluding tert-OH is 1. The maximum atomic E-state index is 13.4. The standard InChI is InChI=1S/C17H19FN2O2/c1-12-7-8-14(11-15(12)18)20-17(22)19-10-9-16(21)13-5-3-2-4-6-13/h2-8,11,16,21H,9-10H2,1H3,(H2,19,20,22). The zero-order chi connectivity index (χ0) is 15.9. The van der Waals surface area contributed by atoms with Crippen molar-refractivity contribution < 1.29 is 14.3 Å². The molecule has 0 aliphatic rings. The van der Waals surface area contributed by atoms with Gasteiger partial charge in [-0.05, 0) is 36.6 Å². The van der Waals surface area contributed by atoms with Gasteiger partial charge in [0, 0.05) is 12.2 Å². The first-order valence-corrected chi connectivity index (χ1v) is 7.10. The van der Waals surface area contributed by atoms with E-state index in [1.54, 1.807) is 19.1 Å². The van der Waals surface area contributed by atoms with Crippen LogP contribution in [0.1, 0.15) is 23.7 Å². The summed E-state index contributed by atoms with van der Waals surface area (Å²) in [5, 5.41) is 15.2. The van der Waals surface area contributed by atoms with Gasteiger partial charge in [0.25, 0.3) is 0 Å². The number of urea groups is 1. The molecule has 116 valence electrons. The molecule has 0 aliphatic heterocycles. The average molecular weight is 302 g/mol. The van der Waals surface area contributed by atoms with Crippen molar-refractivity contribution in [2.45, 2.75) is 19.4 Å². The minimum atomic E-state index is -0.627. The van der Waals surface area contributed by atoms with E-state index in [-0.39, 0.29) is 5.82 Å². The minimum absolute atomic E-state index is 0.316. The van der Waals surface area contributed by atoms with E-state index in [0.717, 1.165) is 5.56 Å². The normalized spacial score (nSPS) is 11.8. The second kappa shape index (κ2) is 7.56. The van der Waals surface area contributed by atoms with E-state index in [1.807, 2.05) is 30.3 Å². The molecule has 0 saturated carbocycles. The molecule has 1 unspecified atom stereocenters. The van der Waals surface area contributed by atoms with Crippen LogP contribution in [0.15, 0.2) is 48.5 Å². The Labute approximate surface area is 129 Å². The Balaban J connectivity index is 1.77. The van der Waals surface area contributed by atoms with Crippen LogP contribution < -0.4 is 10.6 Å². The highest BCUT2D eigenvalue weighted by molar-refractivity contribution is 5.89. The summed E-state index contributed by atoms with van der Waals surface area (Å²) >= 11 is 0.